The van der Waals surface area contributed by atoms with Gasteiger partial charge in [0.2, 0.25) is 0 Å². The van der Waals surface area contributed by atoms with Crippen LogP contribution in [0.15, 0.2) is 12.1 Å². The molecule has 1 saturated heterocycles. The summed E-state index contributed by atoms with van der Waals surface area (Å²) in [6, 6.07) is 3.84. The van der Waals surface area contributed by atoms with E-state index in [2.05, 4.69) is 12.2 Å². The maximum absolute atomic E-state index is 7.58. The summed E-state index contributed by atoms with van der Waals surface area (Å²) >= 11 is 0. The van der Waals surface area contributed by atoms with Gasteiger partial charge in [0, 0.05) is 29.8 Å². The largest absolute Gasteiger partial charge is 0.398 e. The van der Waals surface area contributed by atoms with Gasteiger partial charge in [-0.3, -0.25) is 0 Å². The standard InChI is InChI=1S/C14H21N3O/c1-2-10-11(9-15)13(7-6-12(10)16)17-14-5-3-4-8-18-14/h6-7,9,14-15,17H,2-5,8,16H2,1H3. The van der Waals surface area contributed by atoms with Crippen molar-refractivity contribution in [2.75, 3.05) is 17.7 Å². The van der Waals surface area contributed by atoms with Gasteiger partial charge in [0.05, 0.1) is 0 Å². The first-order valence-electron chi connectivity index (χ1n) is 6.56. The molecule has 0 saturated carbocycles. The SMILES string of the molecule is CCc1c(N)ccc(NC2CCCCO2)c1C=N. The van der Waals surface area contributed by atoms with E-state index in [1.807, 2.05) is 12.1 Å². The third kappa shape index (κ3) is 2.64. The van der Waals surface area contributed by atoms with Crippen LogP contribution in [0.2, 0.25) is 0 Å². The third-order valence-electron chi connectivity index (χ3n) is 3.39. The lowest BCUT2D eigenvalue weighted by atomic mass is 10.0. The number of nitrogen functional groups attached to an aromatic ring is 1. The Hall–Kier alpha value is -1.55. The van der Waals surface area contributed by atoms with Crippen LogP contribution in [-0.4, -0.2) is 19.0 Å². The summed E-state index contributed by atoms with van der Waals surface area (Å²) < 4.78 is 5.67. The fraction of sp³-hybridized carbons (Fsp3) is 0.500. The highest BCUT2D eigenvalue weighted by atomic mass is 16.5. The average Bonchev–Trinajstić information content (AvgIpc) is 2.41. The number of nitrogens with one attached hydrogen (secondary N) is 2. The number of benzene rings is 1. The molecule has 1 aliphatic rings. The number of rotatable bonds is 4. The smallest absolute Gasteiger partial charge is 0.127 e. The van der Waals surface area contributed by atoms with Crippen molar-refractivity contribution in [1.82, 2.24) is 0 Å². The Morgan fingerprint density at radius 3 is 2.94 bits per heavy atom. The highest BCUT2D eigenvalue weighted by Gasteiger charge is 2.16. The summed E-state index contributed by atoms with van der Waals surface area (Å²) in [5.41, 5.74) is 9.56. The lowest BCUT2D eigenvalue weighted by molar-refractivity contribution is 0.0343. The van der Waals surface area contributed by atoms with Gasteiger partial charge in [-0.25, -0.2) is 0 Å². The quantitative estimate of drug-likeness (QED) is 0.566. The fourth-order valence-corrected chi connectivity index (χ4v) is 2.39. The van der Waals surface area contributed by atoms with Gasteiger partial charge >= 0.3 is 0 Å². The molecule has 0 aliphatic carbocycles. The first-order valence-corrected chi connectivity index (χ1v) is 6.56. The third-order valence-corrected chi connectivity index (χ3v) is 3.39. The van der Waals surface area contributed by atoms with Crippen LogP contribution < -0.4 is 11.1 Å². The number of anilines is 2. The van der Waals surface area contributed by atoms with E-state index in [9.17, 15) is 0 Å². The van der Waals surface area contributed by atoms with Crippen molar-refractivity contribution in [1.29, 1.82) is 5.41 Å². The van der Waals surface area contributed by atoms with Crippen molar-refractivity contribution in [3.05, 3.63) is 23.3 Å². The number of hydrogen-bond donors (Lipinski definition) is 3. The summed E-state index contributed by atoms with van der Waals surface area (Å²) in [6.07, 6.45) is 5.61. The molecule has 1 unspecified atom stereocenters. The molecule has 0 amide bonds. The van der Waals surface area contributed by atoms with E-state index >= 15 is 0 Å². The topological polar surface area (TPSA) is 71.1 Å². The molecule has 0 aromatic heterocycles. The first kappa shape index (κ1) is 12.9. The van der Waals surface area contributed by atoms with Gasteiger partial charge in [0.1, 0.15) is 6.23 Å². The van der Waals surface area contributed by atoms with Crippen LogP contribution in [0, 0.1) is 5.41 Å². The van der Waals surface area contributed by atoms with E-state index in [-0.39, 0.29) is 6.23 Å². The van der Waals surface area contributed by atoms with Crippen molar-refractivity contribution >= 4 is 17.6 Å². The van der Waals surface area contributed by atoms with E-state index in [1.54, 1.807) is 0 Å². The van der Waals surface area contributed by atoms with E-state index in [0.717, 1.165) is 48.4 Å². The van der Waals surface area contributed by atoms with Crippen LogP contribution in [-0.2, 0) is 11.2 Å². The molecule has 1 fully saturated rings. The Kier molecular flexibility index (Phi) is 4.20. The van der Waals surface area contributed by atoms with Crippen molar-refractivity contribution in [3.63, 3.8) is 0 Å². The molecule has 4 heteroatoms. The van der Waals surface area contributed by atoms with Gasteiger partial charge in [-0.1, -0.05) is 6.92 Å². The molecule has 1 atom stereocenters. The molecule has 1 aromatic rings. The van der Waals surface area contributed by atoms with Crippen LogP contribution in [0.4, 0.5) is 11.4 Å². The van der Waals surface area contributed by atoms with E-state index in [0.29, 0.717) is 0 Å². The van der Waals surface area contributed by atoms with Gasteiger partial charge < -0.3 is 21.2 Å². The fourth-order valence-electron chi connectivity index (χ4n) is 2.39. The molecule has 0 spiro atoms. The number of nitrogens with two attached hydrogens (primary N) is 1. The second kappa shape index (κ2) is 5.87. The molecular weight excluding hydrogens is 226 g/mol. The van der Waals surface area contributed by atoms with Crippen molar-refractivity contribution < 1.29 is 4.74 Å². The highest BCUT2D eigenvalue weighted by molar-refractivity contribution is 5.90. The molecule has 0 radical (unpaired) electrons. The van der Waals surface area contributed by atoms with Crippen LogP contribution >= 0.6 is 0 Å². The van der Waals surface area contributed by atoms with Crippen LogP contribution in [0.1, 0.15) is 37.3 Å². The molecular formula is C14H21N3O. The van der Waals surface area contributed by atoms with Crippen LogP contribution in [0.5, 0.6) is 0 Å². The van der Waals surface area contributed by atoms with Gasteiger partial charge in [0.15, 0.2) is 0 Å². The molecule has 4 N–H and O–H groups in total. The van der Waals surface area contributed by atoms with Crippen LogP contribution in [0.3, 0.4) is 0 Å². The van der Waals surface area contributed by atoms with Crippen molar-refractivity contribution in [2.24, 2.45) is 0 Å². The monoisotopic (exact) mass is 247 g/mol. The van der Waals surface area contributed by atoms with Gasteiger partial charge in [-0.15, -0.1) is 0 Å². The molecule has 1 aromatic carbocycles. The summed E-state index contributed by atoms with van der Waals surface area (Å²) in [6.45, 7) is 2.87. The molecule has 4 nitrogen and oxygen atoms in total. The summed E-state index contributed by atoms with van der Waals surface area (Å²) in [4.78, 5) is 0. The number of hydrogen-bond acceptors (Lipinski definition) is 4. The lowest BCUT2D eigenvalue weighted by Gasteiger charge is -2.26. The molecule has 18 heavy (non-hydrogen) atoms. The summed E-state index contributed by atoms with van der Waals surface area (Å²) in [7, 11) is 0. The summed E-state index contributed by atoms with van der Waals surface area (Å²) in [5.74, 6) is 0. The van der Waals surface area contributed by atoms with Crippen molar-refractivity contribution in [2.45, 2.75) is 38.8 Å². The zero-order chi connectivity index (χ0) is 13.0. The Labute approximate surface area is 108 Å². The maximum Gasteiger partial charge on any atom is 0.127 e. The summed E-state index contributed by atoms with van der Waals surface area (Å²) in [5, 5.41) is 11.0. The van der Waals surface area contributed by atoms with Gasteiger partial charge in [-0.05, 0) is 43.4 Å². The van der Waals surface area contributed by atoms with Gasteiger partial charge in [0.25, 0.3) is 0 Å². The normalized spacial score (nSPS) is 19.5. The van der Waals surface area contributed by atoms with E-state index < -0.39 is 0 Å². The Morgan fingerprint density at radius 2 is 2.33 bits per heavy atom. The van der Waals surface area contributed by atoms with E-state index in [4.69, 9.17) is 15.9 Å². The highest BCUT2D eigenvalue weighted by Crippen LogP contribution is 2.26. The lowest BCUT2D eigenvalue weighted by Crippen LogP contribution is -2.27. The predicted molar refractivity (Wildman–Crippen MR) is 75.3 cm³/mol. The van der Waals surface area contributed by atoms with Crippen molar-refractivity contribution in [3.8, 4) is 0 Å². The molecule has 1 aliphatic heterocycles. The molecule has 0 bridgehead atoms. The van der Waals surface area contributed by atoms with Crippen LogP contribution in [0.25, 0.3) is 0 Å². The maximum atomic E-state index is 7.58. The Balaban J connectivity index is 2.23. The molecule has 2 rings (SSSR count). The molecule has 98 valence electrons. The van der Waals surface area contributed by atoms with E-state index in [1.165, 1.54) is 12.6 Å². The predicted octanol–water partition coefficient (Wildman–Crippen LogP) is 2.77. The Morgan fingerprint density at radius 1 is 1.50 bits per heavy atom. The molecule has 1 heterocycles. The minimum atomic E-state index is 0.0609. The minimum Gasteiger partial charge on any atom is -0.398 e. The minimum absolute atomic E-state index is 0.0609. The average molecular weight is 247 g/mol. The second-order valence-corrected chi connectivity index (χ2v) is 4.59. The second-order valence-electron chi connectivity index (χ2n) is 4.59. The first-order chi connectivity index (χ1) is 8.76. The number of ether oxygens (including phenoxy) is 1. The Bertz CT molecular complexity index is 425. The zero-order valence-electron chi connectivity index (χ0n) is 10.8. The zero-order valence-corrected chi connectivity index (χ0v) is 10.8. The van der Waals surface area contributed by atoms with Gasteiger partial charge in [-0.2, -0.15) is 0 Å².